The van der Waals surface area contributed by atoms with Crippen LogP contribution in [0.15, 0.2) is 78.0 Å². The number of benzene rings is 3. The van der Waals surface area contributed by atoms with Gasteiger partial charge in [0.1, 0.15) is 18.2 Å². The lowest BCUT2D eigenvalue weighted by molar-refractivity contribution is -0.274. The summed E-state index contributed by atoms with van der Waals surface area (Å²) in [5.74, 6) is 0.369. The third kappa shape index (κ3) is 8.00. The number of thiocarbonyl (C=S) groups is 1. The van der Waals surface area contributed by atoms with Crippen LogP contribution >= 0.6 is 35.6 Å². The smallest absolute Gasteiger partial charge is 0.406 e. The fraction of sp³-hybridized carbons (Fsp3) is 0.233. The summed E-state index contributed by atoms with van der Waals surface area (Å²) < 4.78 is 42.6. The maximum atomic E-state index is 12.8. The third-order valence-electron chi connectivity index (χ3n) is 6.61. The van der Waals surface area contributed by atoms with Crippen molar-refractivity contribution >= 4 is 57.5 Å². The number of alkyl halides is 3. The minimum absolute atomic E-state index is 0.0570. The molecule has 0 bridgehead atoms. The van der Waals surface area contributed by atoms with E-state index in [-0.39, 0.29) is 28.4 Å². The molecule has 15 heteroatoms. The Morgan fingerprint density at radius 3 is 2.47 bits per heavy atom. The number of nitrogens with zero attached hydrogens (tertiary/aromatic N) is 5. The van der Waals surface area contributed by atoms with E-state index in [1.54, 1.807) is 12.1 Å². The van der Waals surface area contributed by atoms with E-state index in [0.717, 1.165) is 16.7 Å². The SMILES string of the molecule is CC(C)c1ccc(Cl)cc1N1C(=O)CSC1=NC(=S)NOC(C)c1ccc(-c2ncn(-c3ccc(OC(F)(F)F)cc3)n2)cc1. The van der Waals surface area contributed by atoms with Crippen molar-refractivity contribution < 1.29 is 27.5 Å². The molecule has 9 nitrogen and oxygen atoms in total. The first-order valence-electron chi connectivity index (χ1n) is 13.6. The molecule has 1 saturated heterocycles. The monoisotopic (exact) mass is 674 g/mol. The Morgan fingerprint density at radius 2 is 1.80 bits per heavy atom. The molecule has 4 aromatic rings. The van der Waals surface area contributed by atoms with Crippen molar-refractivity contribution in [1.82, 2.24) is 20.2 Å². The average Bonchev–Trinajstić information content (AvgIpc) is 3.62. The van der Waals surface area contributed by atoms with E-state index >= 15 is 0 Å². The summed E-state index contributed by atoms with van der Waals surface area (Å²) in [6.07, 6.45) is -3.72. The summed E-state index contributed by atoms with van der Waals surface area (Å²) in [5, 5.41) is 5.42. The van der Waals surface area contributed by atoms with E-state index < -0.39 is 12.5 Å². The van der Waals surface area contributed by atoms with Gasteiger partial charge in [-0.2, -0.15) is 4.99 Å². The van der Waals surface area contributed by atoms with Crippen LogP contribution in [0, 0.1) is 0 Å². The molecule has 3 aromatic carbocycles. The van der Waals surface area contributed by atoms with Crippen LogP contribution in [0.3, 0.4) is 0 Å². The van der Waals surface area contributed by atoms with Crippen molar-refractivity contribution in [3.63, 3.8) is 0 Å². The van der Waals surface area contributed by atoms with Gasteiger partial charge in [-0.15, -0.1) is 18.3 Å². The molecule has 1 aliphatic rings. The van der Waals surface area contributed by atoms with Crippen LogP contribution in [0.1, 0.15) is 43.9 Å². The second-order valence-electron chi connectivity index (χ2n) is 10.1. The Labute approximate surface area is 271 Å². The lowest BCUT2D eigenvalue weighted by atomic mass is 10.0. The number of nitrogens with one attached hydrogen (secondary N) is 1. The van der Waals surface area contributed by atoms with Crippen LogP contribution in [0.4, 0.5) is 18.9 Å². The number of aliphatic imine (C=N–C) groups is 1. The van der Waals surface area contributed by atoms with Crippen molar-refractivity contribution in [2.75, 3.05) is 10.7 Å². The summed E-state index contributed by atoms with van der Waals surface area (Å²) in [4.78, 5) is 28.8. The van der Waals surface area contributed by atoms with Gasteiger partial charge in [0.2, 0.25) is 11.0 Å². The number of hydroxylamine groups is 1. The lowest BCUT2D eigenvalue weighted by Crippen LogP contribution is -2.32. The molecule has 1 amide bonds. The van der Waals surface area contributed by atoms with Gasteiger partial charge < -0.3 is 4.74 Å². The first-order chi connectivity index (χ1) is 21.4. The molecule has 1 atom stereocenters. The molecule has 2 heterocycles. The van der Waals surface area contributed by atoms with E-state index in [2.05, 4.69) is 25.3 Å². The highest BCUT2D eigenvalue weighted by molar-refractivity contribution is 8.15. The first kappa shape index (κ1) is 32.4. The van der Waals surface area contributed by atoms with Crippen molar-refractivity contribution in [1.29, 1.82) is 0 Å². The second kappa shape index (κ2) is 13.6. The van der Waals surface area contributed by atoms with Crippen molar-refractivity contribution in [2.24, 2.45) is 4.99 Å². The highest BCUT2D eigenvalue weighted by Gasteiger charge is 2.33. The molecule has 1 unspecified atom stereocenters. The molecule has 0 spiro atoms. The minimum Gasteiger partial charge on any atom is -0.406 e. The molecule has 45 heavy (non-hydrogen) atoms. The molecule has 234 valence electrons. The van der Waals surface area contributed by atoms with Gasteiger partial charge in [0.25, 0.3) is 0 Å². The predicted molar refractivity (Wildman–Crippen MR) is 172 cm³/mol. The maximum absolute atomic E-state index is 12.8. The van der Waals surface area contributed by atoms with Crippen LogP contribution in [-0.4, -0.2) is 43.1 Å². The second-order valence-corrected chi connectivity index (χ2v) is 11.9. The van der Waals surface area contributed by atoms with Gasteiger partial charge in [-0.05, 0) is 72.6 Å². The molecule has 0 aliphatic carbocycles. The number of ether oxygens (including phenoxy) is 1. The summed E-state index contributed by atoms with van der Waals surface area (Å²) in [6, 6.07) is 18.1. The molecule has 1 fully saturated rings. The van der Waals surface area contributed by atoms with E-state index in [1.807, 2.05) is 51.1 Å². The Bertz CT molecular complexity index is 1730. The normalized spacial score (nSPS) is 15.2. The number of halogens is 4. The predicted octanol–water partition coefficient (Wildman–Crippen LogP) is 7.61. The quantitative estimate of drug-likeness (QED) is 0.151. The molecule has 0 radical (unpaired) electrons. The summed E-state index contributed by atoms with van der Waals surface area (Å²) in [5.41, 5.74) is 6.40. The highest BCUT2D eigenvalue weighted by atomic mass is 35.5. The third-order valence-corrected chi connectivity index (χ3v) is 7.94. The number of anilines is 1. The van der Waals surface area contributed by atoms with Gasteiger partial charge in [-0.25, -0.2) is 15.1 Å². The van der Waals surface area contributed by atoms with Gasteiger partial charge in [0.05, 0.1) is 17.1 Å². The number of hydrogen-bond acceptors (Lipinski definition) is 7. The molecular weight excluding hydrogens is 649 g/mol. The van der Waals surface area contributed by atoms with Crippen molar-refractivity contribution in [2.45, 2.75) is 39.2 Å². The number of aromatic nitrogens is 3. The fourth-order valence-electron chi connectivity index (χ4n) is 4.42. The lowest BCUT2D eigenvalue weighted by Gasteiger charge is -2.22. The fourth-order valence-corrected chi connectivity index (χ4v) is 5.65. The molecule has 1 aliphatic heterocycles. The largest absolute Gasteiger partial charge is 0.573 e. The highest BCUT2D eigenvalue weighted by Crippen LogP contribution is 2.35. The zero-order chi connectivity index (χ0) is 32.3. The Balaban J connectivity index is 1.20. The van der Waals surface area contributed by atoms with E-state index in [9.17, 15) is 18.0 Å². The molecule has 1 aromatic heterocycles. The van der Waals surface area contributed by atoms with Gasteiger partial charge in [-0.3, -0.25) is 14.5 Å². The molecule has 5 rings (SSSR count). The average molecular weight is 675 g/mol. The van der Waals surface area contributed by atoms with Crippen molar-refractivity contribution in [3.8, 4) is 22.8 Å². The molecule has 1 N–H and O–H groups in total. The van der Waals surface area contributed by atoms with Crippen LogP contribution in [-0.2, 0) is 9.63 Å². The topological polar surface area (TPSA) is 93.9 Å². The summed E-state index contributed by atoms with van der Waals surface area (Å²) >= 11 is 12.9. The summed E-state index contributed by atoms with van der Waals surface area (Å²) in [7, 11) is 0. The number of rotatable bonds is 8. The Hall–Kier alpha value is -3.98. The number of amides is 1. The molecular formula is C30H26ClF3N6O3S2. The Morgan fingerprint density at radius 1 is 1.09 bits per heavy atom. The number of carbonyl (C=O) groups excluding carboxylic acids is 1. The number of amidine groups is 1. The first-order valence-corrected chi connectivity index (χ1v) is 15.3. The number of carbonyl (C=O) groups is 1. The van der Waals surface area contributed by atoms with E-state index in [1.165, 1.54) is 51.9 Å². The standard InChI is InChI=1S/C30H26ClF3N6O3S2/c1-17(2)24-13-8-21(31)14-25(24)40-26(41)15-45-29(40)36-28(44)38-43-18(3)19-4-6-20(7-5-19)27-35-16-39(37-27)22-9-11-23(12-10-22)42-30(32,33)34/h4-14,16-18H,15H2,1-3H3,(H,38,44). The zero-order valence-corrected chi connectivity index (χ0v) is 26.5. The van der Waals surface area contributed by atoms with E-state index in [0.29, 0.717) is 27.4 Å². The number of thioether (sulfide) groups is 1. The summed E-state index contributed by atoms with van der Waals surface area (Å²) in [6.45, 7) is 5.91. The van der Waals surface area contributed by atoms with E-state index in [4.69, 9.17) is 28.7 Å². The van der Waals surface area contributed by atoms with Gasteiger partial charge in [0.15, 0.2) is 11.0 Å². The van der Waals surface area contributed by atoms with Crippen LogP contribution in [0.25, 0.3) is 17.1 Å². The molecule has 0 saturated carbocycles. The zero-order valence-electron chi connectivity index (χ0n) is 24.1. The Kier molecular flexibility index (Phi) is 9.77. The van der Waals surface area contributed by atoms with Crippen LogP contribution in [0.5, 0.6) is 5.75 Å². The minimum atomic E-state index is -4.76. The number of hydrogen-bond donors (Lipinski definition) is 1. The van der Waals surface area contributed by atoms with Crippen molar-refractivity contribution in [3.05, 3.63) is 89.2 Å². The maximum Gasteiger partial charge on any atom is 0.573 e. The van der Waals surface area contributed by atoms with Crippen LogP contribution in [0.2, 0.25) is 5.02 Å². The van der Waals surface area contributed by atoms with Gasteiger partial charge in [0, 0.05) is 10.6 Å². The van der Waals surface area contributed by atoms with Gasteiger partial charge in [-0.1, -0.05) is 67.5 Å². The van der Waals surface area contributed by atoms with Crippen LogP contribution < -0.4 is 15.1 Å². The van der Waals surface area contributed by atoms with Gasteiger partial charge >= 0.3 is 6.36 Å².